The van der Waals surface area contributed by atoms with Crippen LogP contribution in [0.2, 0.25) is 18.1 Å². The fraction of sp³-hybridized carbons (Fsp3) is 1.00. The number of hydrogen-bond acceptors (Lipinski definition) is 2. The van der Waals surface area contributed by atoms with E-state index >= 15 is 0 Å². The highest BCUT2D eigenvalue weighted by atomic mass is 28.4. The Hall–Kier alpha value is 0.137. The Morgan fingerprint density at radius 2 is 1.64 bits per heavy atom. The first-order valence-electron chi connectivity index (χ1n) is 5.63. The van der Waals surface area contributed by atoms with Crippen molar-refractivity contribution in [2.75, 3.05) is 0 Å². The lowest BCUT2D eigenvalue weighted by Crippen LogP contribution is -2.43. The minimum absolute atomic E-state index is 0.334. The molecule has 1 aliphatic carbocycles. The second-order valence-electron chi connectivity index (χ2n) is 6.18. The van der Waals surface area contributed by atoms with Crippen molar-refractivity contribution in [3.8, 4) is 0 Å². The zero-order valence-electron chi connectivity index (χ0n) is 9.96. The van der Waals surface area contributed by atoms with Gasteiger partial charge in [0, 0.05) is 12.8 Å². The van der Waals surface area contributed by atoms with Gasteiger partial charge in [0.2, 0.25) is 0 Å². The molecule has 14 heavy (non-hydrogen) atoms. The third kappa shape index (κ3) is 1.90. The second kappa shape index (κ2) is 3.06. The summed E-state index contributed by atoms with van der Waals surface area (Å²) in [5.41, 5.74) is 0. The Bertz CT molecular complexity index is 222. The first kappa shape index (κ1) is 10.6. The Balaban J connectivity index is 1.90. The van der Waals surface area contributed by atoms with Gasteiger partial charge >= 0.3 is 0 Å². The summed E-state index contributed by atoms with van der Waals surface area (Å²) in [5, 5.41) is 0.334. The van der Waals surface area contributed by atoms with Gasteiger partial charge in [-0.15, -0.1) is 0 Å². The third-order valence-corrected chi connectivity index (χ3v) is 8.48. The predicted molar refractivity (Wildman–Crippen MR) is 60.0 cm³/mol. The van der Waals surface area contributed by atoms with E-state index in [0.717, 1.165) is 12.8 Å². The molecule has 2 aliphatic rings. The van der Waals surface area contributed by atoms with Gasteiger partial charge in [0.25, 0.3) is 0 Å². The van der Waals surface area contributed by atoms with E-state index in [1.165, 1.54) is 0 Å². The Morgan fingerprint density at radius 3 is 2.07 bits per heavy atom. The highest BCUT2D eigenvalue weighted by molar-refractivity contribution is 6.74. The molecule has 0 aromatic carbocycles. The Morgan fingerprint density at radius 1 is 1.14 bits per heavy atom. The van der Waals surface area contributed by atoms with Crippen LogP contribution in [0.25, 0.3) is 0 Å². The van der Waals surface area contributed by atoms with Crippen LogP contribution in [0.15, 0.2) is 0 Å². The highest BCUT2D eigenvalue weighted by Crippen LogP contribution is 2.44. The number of ether oxygens (including phenoxy) is 1. The lowest BCUT2D eigenvalue weighted by molar-refractivity contribution is 0.136. The van der Waals surface area contributed by atoms with Crippen molar-refractivity contribution in [1.82, 2.24) is 0 Å². The van der Waals surface area contributed by atoms with Crippen LogP contribution >= 0.6 is 0 Å². The summed E-state index contributed by atoms with van der Waals surface area (Å²) >= 11 is 0. The molecule has 0 amide bonds. The molecule has 0 spiro atoms. The normalized spacial score (nSPS) is 37.1. The molecule has 1 saturated heterocycles. The van der Waals surface area contributed by atoms with Crippen molar-refractivity contribution in [2.24, 2.45) is 0 Å². The quantitative estimate of drug-likeness (QED) is 0.521. The molecule has 2 nitrogen and oxygen atoms in total. The van der Waals surface area contributed by atoms with Gasteiger partial charge in [-0.3, -0.25) is 0 Å². The topological polar surface area (TPSA) is 21.8 Å². The molecular weight excluding hydrogens is 192 g/mol. The first-order chi connectivity index (χ1) is 6.29. The fourth-order valence-corrected chi connectivity index (χ4v) is 3.28. The van der Waals surface area contributed by atoms with E-state index in [-0.39, 0.29) is 0 Å². The van der Waals surface area contributed by atoms with Gasteiger partial charge in [-0.1, -0.05) is 20.8 Å². The van der Waals surface area contributed by atoms with Gasteiger partial charge in [0.1, 0.15) is 0 Å². The van der Waals surface area contributed by atoms with Crippen molar-refractivity contribution in [1.29, 1.82) is 0 Å². The van der Waals surface area contributed by atoms with Gasteiger partial charge in [0.15, 0.2) is 8.32 Å². The van der Waals surface area contributed by atoms with Crippen molar-refractivity contribution < 1.29 is 9.16 Å². The van der Waals surface area contributed by atoms with E-state index in [4.69, 9.17) is 9.16 Å². The average Bonchev–Trinajstić information content (AvgIpc) is 2.56. The Kier molecular flexibility index (Phi) is 2.33. The average molecular weight is 214 g/mol. The molecule has 3 heteroatoms. The number of hydrogen-bond donors (Lipinski definition) is 0. The maximum Gasteiger partial charge on any atom is 0.192 e. The molecule has 0 aromatic heterocycles. The predicted octanol–water partition coefficient (Wildman–Crippen LogP) is 2.94. The summed E-state index contributed by atoms with van der Waals surface area (Å²) in [5.74, 6) is 0. The van der Waals surface area contributed by atoms with Crippen molar-refractivity contribution in [3.63, 3.8) is 0 Å². The second-order valence-corrected chi connectivity index (χ2v) is 10.9. The van der Waals surface area contributed by atoms with Gasteiger partial charge < -0.3 is 9.16 Å². The molecule has 0 aromatic rings. The molecule has 2 rings (SSSR count). The lowest BCUT2D eigenvalue weighted by Gasteiger charge is -2.38. The minimum Gasteiger partial charge on any atom is -0.414 e. The minimum atomic E-state index is -1.53. The first-order valence-corrected chi connectivity index (χ1v) is 8.54. The molecule has 82 valence electrons. The molecule has 0 radical (unpaired) electrons. The maximum absolute atomic E-state index is 6.32. The smallest absolute Gasteiger partial charge is 0.192 e. The summed E-state index contributed by atoms with van der Waals surface area (Å²) in [7, 11) is -1.53. The summed E-state index contributed by atoms with van der Waals surface area (Å²) in [4.78, 5) is 0. The van der Waals surface area contributed by atoms with Gasteiger partial charge in [-0.05, 0) is 18.1 Å². The summed E-state index contributed by atoms with van der Waals surface area (Å²) < 4.78 is 11.7. The zero-order chi connectivity index (χ0) is 10.6. The van der Waals surface area contributed by atoms with Gasteiger partial charge in [-0.25, -0.2) is 0 Å². The van der Waals surface area contributed by atoms with Gasteiger partial charge in [0.05, 0.1) is 18.3 Å². The molecule has 0 bridgehead atoms. The van der Waals surface area contributed by atoms with E-state index in [0.29, 0.717) is 23.4 Å². The molecule has 0 N–H and O–H groups in total. The molecule has 3 atom stereocenters. The van der Waals surface area contributed by atoms with Crippen molar-refractivity contribution >= 4 is 8.32 Å². The summed E-state index contributed by atoms with van der Waals surface area (Å²) in [6.45, 7) is 11.6. The van der Waals surface area contributed by atoms with E-state index < -0.39 is 8.32 Å². The molecular formula is C11H22O2Si. The van der Waals surface area contributed by atoms with E-state index in [1.54, 1.807) is 0 Å². The third-order valence-electron chi connectivity index (χ3n) is 3.95. The van der Waals surface area contributed by atoms with E-state index in [2.05, 4.69) is 33.9 Å². The number of fused-ring (bicyclic) bond motifs is 1. The lowest BCUT2D eigenvalue weighted by atomic mass is 10.2. The monoisotopic (exact) mass is 214 g/mol. The molecule has 1 saturated carbocycles. The van der Waals surface area contributed by atoms with Crippen molar-refractivity contribution in [3.05, 3.63) is 0 Å². The van der Waals surface area contributed by atoms with Crippen LogP contribution in [-0.2, 0) is 9.16 Å². The van der Waals surface area contributed by atoms with Crippen LogP contribution < -0.4 is 0 Å². The number of epoxide rings is 1. The summed E-state index contributed by atoms with van der Waals surface area (Å²) in [6, 6.07) is 0. The highest BCUT2D eigenvalue weighted by Gasteiger charge is 2.50. The number of rotatable bonds is 2. The summed E-state index contributed by atoms with van der Waals surface area (Å²) in [6.07, 6.45) is 3.85. The molecule has 0 unspecified atom stereocenters. The van der Waals surface area contributed by atoms with E-state index in [1.807, 2.05) is 0 Å². The SMILES string of the molecule is CC(C)(C)[Si](C)(C)O[C@H]1C[C@@H]2O[C@@H]2C1. The fourth-order valence-electron chi connectivity index (χ4n) is 1.90. The maximum atomic E-state index is 6.32. The standard InChI is InChI=1S/C11H22O2Si/c1-11(2,3)14(4,5)13-8-6-9-10(7-8)12-9/h8-10H,6-7H2,1-5H3/t8-,9-,10+. The molecule has 1 aliphatic heterocycles. The largest absolute Gasteiger partial charge is 0.414 e. The van der Waals surface area contributed by atoms with Crippen LogP contribution in [-0.4, -0.2) is 26.6 Å². The molecule has 2 fully saturated rings. The van der Waals surface area contributed by atoms with Crippen LogP contribution in [0.3, 0.4) is 0 Å². The van der Waals surface area contributed by atoms with Crippen LogP contribution in [0.1, 0.15) is 33.6 Å². The zero-order valence-corrected chi connectivity index (χ0v) is 11.0. The molecule has 1 heterocycles. The van der Waals surface area contributed by atoms with Crippen molar-refractivity contribution in [2.45, 2.75) is 70.1 Å². The van der Waals surface area contributed by atoms with Crippen LogP contribution in [0.5, 0.6) is 0 Å². The van der Waals surface area contributed by atoms with Crippen LogP contribution in [0.4, 0.5) is 0 Å². The van der Waals surface area contributed by atoms with Crippen LogP contribution in [0, 0.1) is 0 Å². The van der Waals surface area contributed by atoms with E-state index in [9.17, 15) is 0 Å². The Labute approximate surface area is 88.1 Å². The van der Waals surface area contributed by atoms with Gasteiger partial charge in [-0.2, -0.15) is 0 Å².